The number of pyridine rings is 1. The summed E-state index contributed by atoms with van der Waals surface area (Å²) in [5.74, 6) is -0.276. The predicted molar refractivity (Wildman–Crippen MR) is 93.6 cm³/mol. The molecule has 2 heterocycles. The van der Waals surface area contributed by atoms with Gasteiger partial charge in [0.25, 0.3) is 0 Å². The fraction of sp³-hybridized carbons (Fsp3) is 0.533. The molecule has 0 aliphatic carbocycles. The van der Waals surface area contributed by atoms with Gasteiger partial charge in [0.05, 0.1) is 13.0 Å². The maximum absolute atomic E-state index is 12.9. The van der Waals surface area contributed by atoms with E-state index in [0.717, 1.165) is 6.20 Å². The number of ether oxygens (including phenoxy) is 1. The number of hydrogen-bond donors (Lipinski definition) is 0. The van der Waals surface area contributed by atoms with Crippen LogP contribution in [0.25, 0.3) is 0 Å². The second kappa shape index (κ2) is 7.71. The molecule has 8 nitrogen and oxygen atoms in total. The lowest BCUT2D eigenvalue weighted by Gasteiger charge is -2.29. The van der Waals surface area contributed by atoms with Crippen LogP contribution in [-0.2, 0) is 19.6 Å². The summed E-state index contributed by atoms with van der Waals surface area (Å²) in [6.07, 6.45) is 1.11. The number of likely N-dealkylation sites (N-methyl/N-ethyl adjacent to an activating group) is 1. The third-order valence-electron chi connectivity index (χ3n) is 3.99. The van der Waals surface area contributed by atoms with E-state index in [1.54, 1.807) is 7.05 Å². The molecule has 10 heteroatoms. The average Bonchev–Trinajstić information content (AvgIpc) is 3.10. The molecule has 2 rings (SSSR count). The van der Waals surface area contributed by atoms with Crippen molar-refractivity contribution in [2.45, 2.75) is 30.8 Å². The van der Waals surface area contributed by atoms with Crippen molar-refractivity contribution in [3.8, 4) is 0 Å². The molecule has 0 bridgehead atoms. The van der Waals surface area contributed by atoms with E-state index in [-0.39, 0.29) is 28.4 Å². The van der Waals surface area contributed by atoms with Gasteiger partial charge in [0, 0.05) is 25.0 Å². The Bertz CT molecular complexity index is 749. The van der Waals surface area contributed by atoms with Crippen LogP contribution in [0.15, 0.2) is 23.2 Å². The molecule has 1 atom stereocenters. The van der Waals surface area contributed by atoms with Gasteiger partial charge in [0.1, 0.15) is 16.6 Å². The maximum Gasteiger partial charge on any atom is 0.356 e. The lowest BCUT2D eigenvalue weighted by atomic mass is 10.2. The quantitative estimate of drug-likeness (QED) is 0.689. The highest BCUT2D eigenvalue weighted by atomic mass is 32.2. The zero-order valence-electron chi connectivity index (χ0n) is 14.5. The third kappa shape index (κ3) is 3.96. The van der Waals surface area contributed by atoms with Crippen molar-refractivity contribution in [3.05, 3.63) is 24.0 Å². The number of rotatable bonds is 5. The summed E-state index contributed by atoms with van der Waals surface area (Å²) in [6.45, 7) is 3.74. The number of nitrogens with zero attached hydrogens (tertiary/aromatic N) is 3. The van der Waals surface area contributed by atoms with E-state index < -0.39 is 22.0 Å². The van der Waals surface area contributed by atoms with Gasteiger partial charge in [-0.05, 0) is 26.0 Å². The normalized spacial score (nSPS) is 18.4. The molecule has 0 N–H and O–H groups in total. The van der Waals surface area contributed by atoms with Gasteiger partial charge in [-0.1, -0.05) is 0 Å². The van der Waals surface area contributed by atoms with Crippen LogP contribution in [-0.4, -0.2) is 72.4 Å². The topological polar surface area (TPSA) is 96.9 Å². The molecule has 25 heavy (non-hydrogen) atoms. The van der Waals surface area contributed by atoms with E-state index >= 15 is 0 Å². The van der Waals surface area contributed by atoms with Crippen LogP contribution < -0.4 is 0 Å². The first-order chi connectivity index (χ1) is 11.7. The lowest BCUT2D eigenvalue weighted by Crippen LogP contribution is -2.49. The summed E-state index contributed by atoms with van der Waals surface area (Å²) in [5.41, 5.74) is 0.0180. The first kappa shape index (κ1) is 19.7. The summed E-state index contributed by atoms with van der Waals surface area (Å²) in [7, 11) is -1.01. The number of hydrogen-bond acceptors (Lipinski definition) is 7. The second-order valence-corrected chi connectivity index (χ2v) is 8.71. The fourth-order valence-electron chi connectivity index (χ4n) is 2.24. The number of sulfonamides is 1. The maximum atomic E-state index is 12.9. The SMILES string of the molecule is COC(=O)c1ccc(S(=O)(=O)N2CSCC2C(=O)N(C)C(C)C)cn1. The van der Waals surface area contributed by atoms with Crippen molar-refractivity contribution in [3.63, 3.8) is 0 Å². The van der Waals surface area contributed by atoms with Gasteiger partial charge < -0.3 is 9.64 Å². The van der Waals surface area contributed by atoms with Crippen molar-refractivity contribution in [2.24, 2.45) is 0 Å². The van der Waals surface area contributed by atoms with Gasteiger partial charge in [0.15, 0.2) is 0 Å². The number of aromatic nitrogens is 1. The minimum atomic E-state index is -3.89. The summed E-state index contributed by atoms with van der Waals surface area (Å²) < 4.78 is 31.5. The Balaban J connectivity index is 2.28. The smallest absolute Gasteiger partial charge is 0.356 e. The van der Waals surface area contributed by atoms with Crippen molar-refractivity contribution < 1.29 is 22.7 Å². The molecule has 0 radical (unpaired) electrons. The molecule has 0 saturated carbocycles. The van der Waals surface area contributed by atoms with Crippen molar-refractivity contribution in [2.75, 3.05) is 25.8 Å². The number of thioether (sulfide) groups is 1. The van der Waals surface area contributed by atoms with Crippen LogP contribution in [0.2, 0.25) is 0 Å². The number of carbonyl (C=O) groups is 2. The van der Waals surface area contributed by atoms with Crippen LogP contribution in [0, 0.1) is 0 Å². The molecular weight excluding hydrogens is 366 g/mol. The van der Waals surface area contributed by atoms with Crippen molar-refractivity contribution >= 4 is 33.7 Å². The summed E-state index contributed by atoms with van der Waals surface area (Å²) in [4.78, 5) is 29.3. The van der Waals surface area contributed by atoms with Gasteiger partial charge in [-0.25, -0.2) is 18.2 Å². The lowest BCUT2D eigenvalue weighted by molar-refractivity contribution is -0.134. The van der Waals surface area contributed by atoms with E-state index in [4.69, 9.17) is 0 Å². The minimum absolute atomic E-state index is 0.0180. The molecule has 1 aromatic heterocycles. The fourth-order valence-corrected chi connectivity index (χ4v) is 5.32. The second-order valence-electron chi connectivity index (χ2n) is 5.82. The number of amides is 1. The van der Waals surface area contributed by atoms with E-state index in [2.05, 4.69) is 9.72 Å². The third-order valence-corrected chi connectivity index (χ3v) is 7.00. The van der Waals surface area contributed by atoms with Gasteiger partial charge in [-0.2, -0.15) is 4.31 Å². The highest BCUT2D eigenvalue weighted by molar-refractivity contribution is 8.00. The molecule has 1 aliphatic rings. The molecule has 1 unspecified atom stereocenters. The van der Waals surface area contributed by atoms with Crippen LogP contribution in [0.4, 0.5) is 0 Å². The summed E-state index contributed by atoms with van der Waals surface area (Å²) >= 11 is 1.39. The van der Waals surface area contributed by atoms with Crippen LogP contribution in [0.1, 0.15) is 24.3 Å². The van der Waals surface area contributed by atoms with Crippen LogP contribution in [0.5, 0.6) is 0 Å². The average molecular weight is 387 g/mol. The number of esters is 1. The Morgan fingerprint density at radius 2 is 2.08 bits per heavy atom. The highest BCUT2D eigenvalue weighted by Crippen LogP contribution is 2.29. The molecule has 1 aromatic rings. The van der Waals surface area contributed by atoms with Crippen LogP contribution >= 0.6 is 11.8 Å². The Labute approximate surface area is 151 Å². The van der Waals surface area contributed by atoms with E-state index in [0.29, 0.717) is 5.75 Å². The zero-order chi connectivity index (χ0) is 18.8. The van der Waals surface area contributed by atoms with Gasteiger partial charge in [-0.15, -0.1) is 11.8 Å². The van der Waals surface area contributed by atoms with Gasteiger partial charge in [0.2, 0.25) is 15.9 Å². The van der Waals surface area contributed by atoms with Crippen molar-refractivity contribution in [1.29, 1.82) is 0 Å². The summed E-state index contributed by atoms with van der Waals surface area (Å²) in [6, 6.07) is 1.82. The van der Waals surface area contributed by atoms with Gasteiger partial charge >= 0.3 is 5.97 Å². The number of methoxy groups -OCH3 is 1. The van der Waals surface area contributed by atoms with Gasteiger partial charge in [-0.3, -0.25) is 4.79 Å². The molecule has 0 spiro atoms. The largest absolute Gasteiger partial charge is 0.464 e. The van der Waals surface area contributed by atoms with Crippen molar-refractivity contribution in [1.82, 2.24) is 14.2 Å². The molecule has 1 amide bonds. The zero-order valence-corrected chi connectivity index (χ0v) is 16.1. The monoisotopic (exact) mass is 387 g/mol. The molecule has 1 fully saturated rings. The Morgan fingerprint density at radius 1 is 1.40 bits per heavy atom. The first-order valence-corrected chi connectivity index (χ1v) is 10.2. The first-order valence-electron chi connectivity index (χ1n) is 7.60. The Kier molecular flexibility index (Phi) is 6.07. The van der Waals surface area contributed by atoms with Crippen LogP contribution in [0.3, 0.4) is 0 Å². The standard InChI is InChI=1S/C15H21N3O5S2/c1-10(2)17(3)14(19)13-8-24-9-18(13)25(21,22)11-5-6-12(16-7-11)15(20)23-4/h5-7,10,13H,8-9H2,1-4H3. The highest BCUT2D eigenvalue weighted by Gasteiger charge is 2.41. The molecular formula is C15H21N3O5S2. The minimum Gasteiger partial charge on any atom is -0.464 e. The number of carbonyl (C=O) groups excluding carboxylic acids is 2. The predicted octanol–water partition coefficient (Wildman–Crippen LogP) is 0.799. The Hall–Kier alpha value is -1.65. The molecule has 1 saturated heterocycles. The van der Waals surface area contributed by atoms with E-state index in [9.17, 15) is 18.0 Å². The summed E-state index contributed by atoms with van der Waals surface area (Å²) in [5, 5.41) is 0. The Morgan fingerprint density at radius 3 is 2.60 bits per heavy atom. The molecule has 138 valence electrons. The van der Waals surface area contributed by atoms with E-state index in [1.165, 1.54) is 40.2 Å². The molecule has 1 aliphatic heterocycles. The molecule has 0 aromatic carbocycles. The van der Waals surface area contributed by atoms with E-state index in [1.807, 2.05) is 13.8 Å².